The number of aliphatic hydroxyl groups is 1. The maximum Gasteiger partial charge on any atom is 0.0845 e. The Kier molecular flexibility index (Phi) is 4.00. The second kappa shape index (κ2) is 5.50. The SMILES string of the molecule is OC(Cc1cccnc1)c1cccc(Cl)c1Cl. The van der Waals surface area contributed by atoms with Crippen molar-refractivity contribution in [3.8, 4) is 0 Å². The van der Waals surface area contributed by atoms with Crippen LogP contribution in [0.5, 0.6) is 0 Å². The first-order valence-corrected chi connectivity index (χ1v) is 5.95. The number of nitrogens with zero attached hydrogens (tertiary/aromatic N) is 1. The van der Waals surface area contributed by atoms with Gasteiger partial charge in [0.15, 0.2) is 0 Å². The second-order valence-corrected chi connectivity index (χ2v) is 4.51. The van der Waals surface area contributed by atoms with E-state index in [1.807, 2.05) is 12.1 Å². The van der Waals surface area contributed by atoms with Crippen LogP contribution in [0.2, 0.25) is 10.0 Å². The van der Waals surface area contributed by atoms with Crippen molar-refractivity contribution in [2.75, 3.05) is 0 Å². The molecule has 2 aromatic rings. The van der Waals surface area contributed by atoms with Gasteiger partial charge < -0.3 is 5.11 Å². The van der Waals surface area contributed by atoms with Crippen molar-refractivity contribution in [2.45, 2.75) is 12.5 Å². The topological polar surface area (TPSA) is 33.1 Å². The lowest BCUT2D eigenvalue weighted by atomic mass is 10.0. The first-order chi connectivity index (χ1) is 8.18. The van der Waals surface area contributed by atoms with Crippen LogP contribution in [0, 0.1) is 0 Å². The first-order valence-electron chi connectivity index (χ1n) is 5.19. The summed E-state index contributed by atoms with van der Waals surface area (Å²) in [5, 5.41) is 11.0. The summed E-state index contributed by atoms with van der Waals surface area (Å²) in [7, 11) is 0. The Labute approximate surface area is 110 Å². The molecular weight excluding hydrogens is 257 g/mol. The van der Waals surface area contributed by atoms with E-state index in [1.54, 1.807) is 30.6 Å². The van der Waals surface area contributed by atoms with Gasteiger partial charge in [-0.1, -0.05) is 41.4 Å². The van der Waals surface area contributed by atoms with E-state index in [2.05, 4.69) is 4.98 Å². The van der Waals surface area contributed by atoms with Crippen LogP contribution in [0.3, 0.4) is 0 Å². The van der Waals surface area contributed by atoms with Gasteiger partial charge in [-0.25, -0.2) is 0 Å². The minimum Gasteiger partial charge on any atom is -0.388 e. The van der Waals surface area contributed by atoms with E-state index in [0.717, 1.165) is 5.56 Å². The molecule has 1 unspecified atom stereocenters. The summed E-state index contributed by atoms with van der Waals surface area (Å²) in [6.45, 7) is 0. The standard InChI is InChI=1S/C13H11Cl2NO/c14-11-5-1-4-10(13(11)15)12(17)7-9-3-2-6-16-8-9/h1-6,8,12,17H,7H2. The monoisotopic (exact) mass is 267 g/mol. The number of aliphatic hydroxyl groups excluding tert-OH is 1. The van der Waals surface area contributed by atoms with E-state index in [-0.39, 0.29) is 0 Å². The highest BCUT2D eigenvalue weighted by molar-refractivity contribution is 6.42. The van der Waals surface area contributed by atoms with E-state index in [9.17, 15) is 5.11 Å². The van der Waals surface area contributed by atoms with Gasteiger partial charge in [0.1, 0.15) is 0 Å². The molecule has 88 valence electrons. The second-order valence-electron chi connectivity index (χ2n) is 3.72. The fourth-order valence-electron chi connectivity index (χ4n) is 1.63. The molecule has 17 heavy (non-hydrogen) atoms. The van der Waals surface area contributed by atoms with Gasteiger partial charge in [-0.3, -0.25) is 4.98 Å². The van der Waals surface area contributed by atoms with Crippen LogP contribution in [-0.2, 0) is 6.42 Å². The Morgan fingerprint density at radius 1 is 1.18 bits per heavy atom. The molecule has 0 aliphatic rings. The highest BCUT2D eigenvalue weighted by Crippen LogP contribution is 2.31. The third kappa shape index (κ3) is 2.97. The molecule has 1 heterocycles. The van der Waals surface area contributed by atoms with Crippen LogP contribution in [0.15, 0.2) is 42.7 Å². The fraction of sp³-hybridized carbons (Fsp3) is 0.154. The maximum absolute atomic E-state index is 10.1. The van der Waals surface area contributed by atoms with Crippen LogP contribution in [0.1, 0.15) is 17.2 Å². The molecule has 0 bridgehead atoms. The van der Waals surface area contributed by atoms with Crippen LogP contribution in [0.25, 0.3) is 0 Å². The number of halogens is 2. The minimum absolute atomic E-state index is 0.408. The normalized spacial score (nSPS) is 12.4. The Hall–Kier alpha value is -1.09. The summed E-state index contributed by atoms with van der Waals surface area (Å²) in [6, 6.07) is 8.99. The smallest absolute Gasteiger partial charge is 0.0845 e. The van der Waals surface area contributed by atoms with Crippen molar-refractivity contribution < 1.29 is 5.11 Å². The Bertz CT molecular complexity index is 502. The minimum atomic E-state index is -0.676. The Balaban J connectivity index is 2.20. The van der Waals surface area contributed by atoms with Crippen LogP contribution in [0.4, 0.5) is 0 Å². The summed E-state index contributed by atoms with van der Waals surface area (Å²) >= 11 is 12.0. The van der Waals surface area contributed by atoms with Crippen LogP contribution >= 0.6 is 23.2 Å². The van der Waals surface area contributed by atoms with Crippen molar-refractivity contribution >= 4 is 23.2 Å². The zero-order valence-corrected chi connectivity index (χ0v) is 10.5. The van der Waals surface area contributed by atoms with Crippen molar-refractivity contribution in [3.63, 3.8) is 0 Å². The molecule has 2 rings (SSSR count). The average Bonchev–Trinajstić information content (AvgIpc) is 2.34. The van der Waals surface area contributed by atoms with Crippen LogP contribution in [-0.4, -0.2) is 10.1 Å². The van der Waals surface area contributed by atoms with Crippen molar-refractivity contribution in [3.05, 3.63) is 63.9 Å². The quantitative estimate of drug-likeness (QED) is 0.921. The van der Waals surface area contributed by atoms with Crippen LogP contribution < -0.4 is 0 Å². The Morgan fingerprint density at radius 3 is 2.71 bits per heavy atom. The molecule has 1 atom stereocenters. The molecule has 0 aliphatic heterocycles. The molecule has 0 radical (unpaired) electrons. The van der Waals surface area contributed by atoms with Crippen molar-refractivity contribution in [1.29, 1.82) is 0 Å². The molecule has 1 N–H and O–H groups in total. The molecule has 0 spiro atoms. The number of pyridine rings is 1. The third-order valence-electron chi connectivity index (χ3n) is 2.49. The molecule has 1 aromatic heterocycles. The molecule has 4 heteroatoms. The third-order valence-corrected chi connectivity index (χ3v) is 3.33. The van der Waals surface area contributed by atoms with Gasteiger partial charge in [0.2, 0.25) is 0 Å². The summed E-state index contributed by atoms with van der Waals surface area (Å²) < 4.78 is 0. The molecule has 0 saturated carbocycles. The number of benzene rings is 1. The maximum atomic E-state index is 10.1. The number of hydrogen-bond donors (Lipinski definition) is 1. The fourth-order valence-corrected chi connectivity index (χ4v) is 2.06. The van der Waals surface area contributed by atoms with Crippen molar-refractivity contribution in [1.82, 2.24) is 4.98 Å². The van der Waals surface area contributed by atoms with Gasteiger partial charge in [0, 0.05) is 24.4 Å². The number of aromatic nitrogens is 1. The zero-order chi connectivity index (χ0) is 12.3. The van der Waals surface area contributed by atoms with E-state index in [4.69, 9.17) is 23.2 Å². The number of hydrogen-bond acceptors (Lipinski definition) is 2. The van der Waals surface area contributed by atoms with E-state index >= 15 is 0 Å². The summed E-state index contributed by atoms with van der Waals surface area (Å²) in [4.78, 5) is 4.00. The van der Waals surface area contributed by atoms with E-state index in [1.165, 1.54) is 0 Å². The average molecular weight is 268 g/mol. The largest absolute Gasteiger partial charge is 0.388 e. The number of rotatable bonds is 3. The predicted molar refractivity (Wildman–Crippen MR) is 69.4 cm³/mol. The lowest BCUT2D eigenvalue weighted by Gasteiger charge is -2.13. The van der Waals surface area contributed by atoms with E-state index in [0.29, 0.717) is 22.0 Å². The lowest BCUT2D eigenvalue weighted by molar-refractivity contribution is 0.178. The molecule has 2 nitrogen and oxygen atoms in total. The van der Waals surface area contributed by atoms with Gasteiger partial charge in [-0.15, -0.1) is 0 Å². The summed E-state index contributed by atoms with van der Waals surface area (Å²) in [6.07, 6.45) is 3.21. The highest BCUT2D eigenvalue weighted by atomic mass is 35.5. The molecule has 0 aliphatic carbocycles. The van der Waals surface area contributed by atoms with Gasteiger partial charge in [0.05, 0.1) is 16.1 Å². The molecule has 0 saturated heterocycles. The van der Waals surface area contributed by atoms with Gasteiger partial charge >= 0.3 is 0 Å². The zero-order valence-electron chi connectivity index (χ0n) is 8.98. The highest BCUT2D eigenvalue weighted by Gasteiger charge is 2.14. The summed E-state index contributed by atoms with van der Waals surface area (Å²) in [5.41, 5.74) is 1.60. The molecular formula is C13H11Cl2NO. The first kappa shape index (κ1) is 12.4. The predicted octanol–water partition coefficient (Wildman–Crippen LogP) is 3.66. The Morgan fingerprint density at radius 2 is 2.00 bits per heavy atom. The molecule has 0 fully saturated rings. The van der Waals surface area contributed by atoms with E-state index < -0.39 is 6.10 Å². The van der Waals surface area contributed by atoms with Gasteiger partial charge in [-0.2, -0.15) is 0 Å². The lowest BCUT2D eigenvalue weighted by Crippen LogP contribution is -2.03. The summed E-state index contributed by atoms with van der Waals surface area (Å²) in [5.74, 6) is 0. The van der Waals surface area contributed by atoms with Crippen molar-refractivity contribution in [2.24, 2.45) is 0 Å². The van der Waals surface area contributed by atoms with Gasteiger partial charge in [-0.05, 0) is 17.7 Å². The molecule has 1 aromatic carbocycles. The van der Waals surface area contributed by atoms with Gasteiger partial charge in [0.25, 0.3) is 0 Å². The molecule has 0 amide bonds.